The molecule has 1 heterocycles. The molecule has 0 spiro atoms. The molecule has 2 atom stereocenters. The maximum Gasteiger partial charge on any atom is 0.0467 e. The summed E-state index contributed by atoms with van der Waals surface area (Å²) in [5.74, 6) is 0.545. The largest absolute Gasteiger partial charge is 0.673 e. The zero-order valence-corrected chi connectivity index (χ0v) is 8.60. The van der Waals surface area contributed by atoms with Gasteiger partial charge in [-0.2, -0.15) is 0 Å². The summed E-state index contributed by atoms with van der Waals surface area (Å²) < 4.78 is 5.06. The Bertz CT molecular complexity index is 69.5. The van der Waals surface area contributed by atoms with Crippen LogP contribution in [0.15, 0.2) is 0 Å². The first kappa shape index (κ1) is 10.0. The molecule has 0 aromatic rings. The van der Waals surface area contributed by atoms with Gasteiger partial charge in [-0.1, -0.05) is 12.8 Å². The molecule has 0 aromatic carbocycles. The summed E-state index contributed by atoms with van der Waals surface area (Å²) in [6, 6.07) is 0.0312. The van der Waals surface area contributed by atoms with Gasteiger partial charge in [0.25, 0.3) is 0 Å². The van der Waals surface area contributed by atoms with Gasteiger partial charge >= 0.3 is 0 Å². The van der Waals surface area contributed by atoms with Crippen LogP contribution < -0.4 is 0 Å². The second-order valence-electron chi connectivity index (χ2n) is 2.45. The number of ether oxygens (including phenoxy) is 1. The SMILES string of the molecule is C[C@@H]1CCOC[C@@H]1[NH-].[Y]. The fourth-order valence-corrected chi connectivity index (χ4v) is 0.845. The first-order chi connectivity index (χ1) is 3.80. The average molecular weight is 203 g/mol. The van der Waals surface area contributed by atoms with Crippen molar-refractivity contribution in [2.75, 3.05) is 13.2 Å². The third-order valence-corrected chi connectivity index (χ3v) is 1.70. The first-order valence-electron chi connectivity index (χ1n) is 3.09. The molecule has 1 N–H and O–H groups in total. The van der Waals surface area contributed by atoms with Crippen molar-refractivity contribution in [3.8, 4) is 0 Å². The normalized spacial score (nSPS) is 35.3. The van der Waals surface area contributed by atoms with Crippen LogP contribution >= 0.6 is 0 Å². The maximum absolute atomic E-state index is 7.35. The number of nitrogens with one attached hydrogen (secondary N) is 1. The molecule has 0 amide bonds. The quantitative estimate of drug-likeness (QED) is 0.586. The standard InChI is InChI=1S/C6H12NO.Y/c1-5-2-3-8-4-6(5)7;/h5-7H,2-4H2,1H3;/q-1;/t5-,6+;/m1./s1. The molecule has 0 aliphatic carbocycles. The maximum atomic E-state index is 7.35. The van der Waals surface area contributed by atoms with E-state index in [4.69, 9.17) is 10.5 Å². The van der Waals surface area contributed by atoms with E-state index in [0.717, 1.165) is 13.0 Å². The number of hydrogen-bond donors (Lipinski definition) is 0. The molecule has 0 saturated carbocycles. The average Bonchev–Trinajstić information content (AvgIpc) is 1.77. The zero-order valence-electron chi connectivity index (χ0n) is 5.76. The van der Waals surface area contributed by atoms with Gasteiger partial charge in [0, 0.05) is 45.9 Å². The van der Waals surface area contributed by atoms with Gasteiger partial charge in [-0.3, -0.25) is 0 Å². The van der Waals surface area contributed by atoms with Gasteiger partial charge in [0.05, 0.1) is 0 Å². The summed E-state index contributed by atoms with van der Waals surface area (Å²) in [6.07, 6.45) is 1.06. The predicted molar refractivity (Wildman–Crippen MR) is 32.7 cm³/mol. The molecule has 3 heteroatoms. The van der Waals surface area contributed by atoms with Crippen LogP contribution in [0.3, 0.4) is 0 Å². The van der Waals surface area contributed by atoms with Crippen LogP contribution in [-0.4, -0.2) is 19.3 Å². The van der Waals surface area contributed by atoms with E-state index in [1.54, 1.807) is 0 Å². The minimum absolute atomic E-state index is 0. The van der Waals surface area contributed by atoms with Crippen LogP contribution in [0.4, 0.5) is 0 Å². The summed E-state index contributed by atoms with van der Waals surface area (Å²) in [5.41, 5.74) is 7.35. The monoisotopic (exact) mass is 203 g/mol. The Kier molecular flexibility index (Phi) is 5.32. The summed E-state index contributed by atoms with van der Waals surface area (Å²) in [6.45, 7) is 3.61. The van der Waals surface area contributed by atoms with Gasteiger partial charge in [-0.05, 0) is 6.42 Å². The number of hydrogen-bond acceptors (Lipinski definition) is 1. The molecule has 1 rings (SSSR count). The molecule has 0 unspecified atom stereocenters. The van der Waals surface area contributed by atoms with Gasteiger partial charge in [-0.15, -0.1) is 6.04 Å². The minimum Gasteiger partial charge on any atom is -0.673 e. The first-order valence-corrected chi connectivity index (χ1v) is 3.09. The van der Waals surface area contributed by atoms with Gasteiger partial charge in [0.1, 0.15) is 0 Å². The Balaban J connectivity index is 0.000000640. The molecule has 1 aliphatic rings. The van der Waals surface area contributed by atoms with E-state index in [1.165, 1.54) is 0 Å². The Morgan fingerprint density at radius 2 is 2.22 bits per heavy atom. The van der Waals surface area contributed by atoms with Crippen molar-refractivity contribution in [2.24, 2.45) is 5.92 Å². The molecule has 51 valence electrons. The molecule has 9 heavy (non-hydrogen) atoms. The molecule has 0 bridgehead atoms. The Labute approximate surface area is 81.4 Å². The van der Waals surface area contributed by atoms with Gasteiger partial charge in [0.15, 0.2) is 0 Å². The van der Waals surface area contributed by atoms with Crippen LogP contribution in [0.5, 0.6) is 0 Å². The predicted octanol–water partition coefficient (Wildman–Crippen LogP) is 1.46. The van der Waals surface area contributed by atoms with Crippen molar-refractivity contribution in [2.45, 2.75) is 19.4 Å². The van der Waals surface area contributed by atoms with E-state index in [2.05, 4.69) is 6.92 Å². The summed E-state index contributed by atoms with van der Waals surface area (Å²) >= 11 is 0. The van der Waals surface area contributed by atoms with Gasteiger partial charge < -0.3 is 10.5 Å². The smallest absolute Gasteiger partial charge is 0.0467 e. The van der Waals surface area contributed by atoms with E-state index < -0.39 is 0 Å². The summed E-state index contributed by atoms with van der Waals surface area (Å²) in [5, 5.41) is 0. The second-order valence-corrected chi connectivity index (χ2v) is 2.45. The Hall–Kier alpha value is 1.02. The molecule has 2 nitrogen and oxygen atoms in total. The number of rotatable bonds is 0. The topological polar surface area (TPSA) is 33.0 Å². The van der Waals surface area contributed by atoms with E-state index >= 15 is 0 Å². The molecule has 1 saturated heterocycles. The van der Waals surface area contributed by atoms with Crippen molar-refractivity contribution in [1.82, 2.24) is 0 Å². The van der Waals surface area contributed by atoms with Crippen molar-refractivity contribution < 1.29 is 37.4 Å². The molecule has 0 aromatic heterocycles. The zero-order chi connectivity index (χ0) is 5.98. The fraction of sp³-hybridized carbons (Fsp3) is 1.00. The molecule has 1 radical (unpaired) electrons. The summed E-state index contributed by atoms with van der Waals surface area (Å²) in [7, 11) is 0. The summed E-state index contributed by atoms with van der Waals surface area (Å²) in [4.78, 5) is 0. The van der Waals surface area contributed by atoms with Crippen LogP contribution in [0, 0.1) is 5.92 Å². The van der Waals surface area contributed by atoms with Crippen molar-refractivity contribution in [1.29, 1.82) is 0 Å². The van der Waals surface area contributed by atoms with Crippen molar-refractivity contribution in [3.05, 3.63) is 5.73 Å². The second kappa shape index (κ2) is 4.78. The third kappa shape index (κ3) is 3.08. The van der Waals surface area contributed by atoms with E-state index in [9.17, 15) is 0 Å². The van der Waals surface area contributed by atoms with Crippen LogP contribution in [0.1, 0.15) is 13.3 Å². The van der Waals surface area contributed by atoms with E-state index in [0.29, 0.717) is 12.5 Å². The van der Waals surface area contributed by atoms with Crippen molar-refractivity contribution >= 4 is 0 Å². The molecule has 1 fully saturated rings. The molecular weight excluding hydrogens is 191 g/mol. The van der Waals surface area contributed by atoms with Gasteiger partial charge in [0.2, 0.25) is 0 Å². The van der Waals surface area contributed by atoms with E-state index in [1.807, 2.05) is 0 Å². The van der Waals surface area contributed by atoms with Crippen LogP contribution in [0.2, 0.25) is 0 Å². The van der Waals surface area contributed by atoms with Crippen LogP contribution in [-0.2, 0) is 37.4 Å². The molecular formula is C6H12NOY-. The third-order valence-electron chi connectivity index (χ3n) is 1.70. The Morgan fingerprint density at radius 1 is 1.56 bits per heavy atom. The Morgan fingerprint density at radius 3 is 2.56 bits per heavy atom. The fourth-order valence-electron chi connectivity index (χ4n) is 0.845. The van der Waals surface area contributed by atoms with Gasteiger partial charge in [-0.25, -0.2) is 0 Å². The van der Waals surface area contributed by atoms with Crippen molar-refractivity contribution in [3.63, 3.8) is 0 Å². The minimum atomic E-state index is 0. The van der Waals surface area contributed by atoms with E-state index in [-0.39, 0.29) is 38.8 Å². The molecule has 1 aliphatic heterocycles. The van der Waals surface area contributed by atoms with Crippen LogP contribution in [0.25, 0.3) is 5.73 Å².